The molecule has 1 amide bonds. The van der Waals surface area contributed by atoms with Crippen molar-refractivity contribution in [1.29, 1.82) is 5.26 Å². The van der Waals surface area contributed by atoms with Crippen LogP contribution in [0.2, 0.25) is 0 Å². The third-order valence-corrected chi connectivity index (χ3v) is 4.81. The highest BCUT2D eigenvalue weighted by atomic mass is 16.2. The van der Waals surface area contributed by atoms with Gasteiger partial charge in [0.1, 0.15) is 5.82 Å². The first-order valence-electron chi connectivity index (χ1n) is 9.03. The standard InChI is InChI=1S/C20H24N4O/c1-2-3-10-23-12-9-22-19(23)18-8-5-11-24(15-18)20(25)17-7-4-6-16(13-17)14-21/h4,6-7,9,12-13,18H,2-3,5,8,10-11,15H2,1H3/t18-/m0/s1. The topological polar surface area (TPSA) is 61.9 Å². The Morgan fingerprint density at radius 3 is 3.12 bits per heavy atom. The van der Waals surface area contributed by atoms with E-state index in [0.29, 0.717) is 17.7 Å². The quantitative estimate of drug-likeness (QED) is 0.838. The Morgan fingerprint density at radius 2 is 2.32 bits per heavy atom. The van der Waals surface area contributed by atoms with E-state index < -0.39 is 0 Å². The molecule has 0 bridgehead atoms. The average Bonchev–Trinajstić information content (AvgIpc) is 3.14. The van der Waals surface area contributed by atoms with Crippen LogP contribution in [0, 0.1) is 11.3 Å². The van der Waals surface area contributed by atoms with Crippen LogP contribution in [-0.2, 0) is 6.54 Å². The number of rotatable bonds is 5. The molecule has 3 rings (SSSR count). The zero-order valence-corrected chi connectivity index (χ0v) is 14.7. The SMILES string of the molecule is CCCCn1ccnc1[C@H]1CCCN(C(=O)c2cccc(C#N)c2)C1. The Labute approximate surface area is 148 Å². The molecule has 1 atom stereocenters. The van der Waals surface area contributed by atoms with Crippen LogP contribution in [0.1, 0.15) is 60.3 Å². The first kappa shape index (κ1) is 17.2. The number of aryl methyl sites for hydroxylation is 1. The highest BCUT2D eigenvalue weighted by Crippen LogP contribution is 2.27. The fourth-order valence-corrected chi connectivity index (χ4v) is 3.47. The molecule has 2 heterocycles. The second kappa shape index (κ2) is 7.98. The summed E-state index contributed by atoms with van der Waals surface area (Å²) in [4.78, 5) is 19.3. The number of carbonyl (C=O) groups excluding carboxylic acids is 1. The number of nitriles is 1. The number of unbranched alkanes of at least 4 members (excludes halogenated alkanes) is 1. The molecule has 2 aromatic rings. The average molecular weight is 336 g/mol. The van der Waals surface area contributed by atoms with Crippen LogP contribution in [0.5, 0.6) is 0 Å². The van der Waals surface area contributed by atoms with Gasteiger partial charge >= 0.3 is 0 Å². The molecule has 25 heavy (non-hydrogen) atoms. The molecule has 0 radical (unpaired) electrons. The van der Waals surface area contributed by atoms with Crippen molar-refractivity contribution in [3.8, 4) is 6.07 Å². The maximum absolute atomic E-state index is 12.8. The summed E-state index contributed by atoms with van der Waals surface area (Å²) in [6, 6.07) is 9.05. The molecule has 1 aliphatic heterocycles. The van der Waals surface area contributed by atoms with Gasteiger partial charge in [0.05, 0.1) is 11.6 Å². The molecular weight excluding hydrogens is 312 g/mol. The molecule has 1 aromatic carbocycles. The van der Waals surface area contributed by atoms with Gasteiger partial charge in [0.25, 0.3) is 5.91 Å². The van der Waals surface area contributed by atoms with Crippen LogP contribution in [0.15, 0.2) is 36.7 Å². The highest BCUT2D eigenvalue weighted by molar-refractivity contribution is 5.94. The molecule has 0 spiro atoms. The summed E-state index contributed by atoms with van der Waals surface area (Å²) in [7, 11) is 0. The molecule has 130 valence electrons. The highest BCUT2D eigenvalue weighted by Gasteiger charge is 2.28. The van der Waals surface area contributed by atoms with Gasteiger partial charge in [-0.25, -0.2) is 4.98 Å². The van der Waals surface area contributed by atoms with Gasteiger partial charge in [-0.05, 0) is 37.5 Å². The van der Waals surface area contributed by atoms with Gasteiger partial charge in [0, 0.05) is 43.5 Å². The Bertz CT molecular complexity index is 774. The van der Waals surface area contributed by atoms with Crippen LogP contribution in [0.25, 0.3) is 0 Å². The summed E-state index contributed by atoms with van der Waals surface area (Å²) in [6.45, 7) is 4.63. The van der Waals surface area contributed by atoms with E-state index in [9.17, 15) is 4.79 Å². The molecule has 5 heteroatoms. The van der Waals surface area contributed by atoms with Gasteiger partial charge in [-0.2, -0.15) is 5.26 Å². The maximum Gasteiger partial charge on any atom is 0.253 e. The van der Waals surface area contributed by atoms with Crippen LogP contribution in [0.3, 0.4) is 0 Å². The molecule has 1 aliphatic rings. The van der Waals surface area contributed by atoms with Crippen molar-refractivity contribution in [2.45, 2.75) is 45.1 Å². The van der Waals surface area contributed by atoms with Gasteiger partial charge < -0.3 is 9.47 Å². The lowest BCUT2D eigenvalue weighted by Crippen LogP contribution is -2.39. The predicted octanol–water partition coefficient (Wildman–Crippen LogP) is 3.57. The van der Waals surface area contributed by atoms with Crippen molar-refractivity contribution in [1.82, 2.24) is 14.5 Å². The monoisotopic (exact) mass is 336 g/mol. The van der Waals surface area contributed by atoms with E-state index in [0.717, 1.165) is 44.6 Å². The van der Waals surface area contributed by atoms with Crippen LogP contribution < -0.4 is 0 Å². The Kier molecular flexibility index (Phi) is 5.49. The molecule has 1 saturated heterocycles. The van der Waals surface area contributed by atoms with E-state index >= 15 is 0 Å². The number of carbonyl (C=O) groups is 1. The minimum absolute atomic E-state index is 0.00784. The van der Waals surface area contributed by atoms with E-state index in [1.165, 1.54) is 0 Å². The normalized spacial score (nSPS) is 17.3. The molecular formula is C20H24N4O. The largest absolute Gasteiger partial charge is 0.338 e. The van der Waals surface area contributed by atoms with Gasteiger partial charge in [-0.3, -0.25) is 4.79 Å². The molecule has 1 aromatic heterocycles. The number of benzene rings is 1. The first-order chi connectivity index (χ1) is 12.2. The lowest BCUT2D eigenvalue weighted by molar-refractivity contribution is 0.0703. The summed E-state index contributed by atoms with van der Waals surface area (Å²) in [5.41, 5.74) is 1.11. The second-order valence-electron chi connectivity index (χ2n) is 6.62. The summed E-state index contributed by atoms with van der Waals surface area (Å²) in [6.07, 6.45) is 8.24. The van der Waals surface area contributed by atoms with Crippen molar-refractivity contribution in [2.75, 3.05) is 13.1 Å². The Morgan fingerprint density at radius 1 is 1.44 bits per heavy atom. The van der Waals surface area contributed by atoms with Crippen molar-refractivity contribution < 1.29 is 4.79 Å². The number of imidazole rings is 1. The summed E-state index contributed by atoms with van der Waals surface area (Å²) in [5.74, 6) is 1.38. The molecule has 0 saturated carbocycles. The lowest BCUT2D eigenvalue weighted by Gasteiger charge is -2.32. The maximum atomic E-state index is 12.8. The third kappa shape index (κ3) is 3.90. The summed E-state index contributed by atoms with van der Waals surface area (Å²) < 4.78 is 2.23. The van der Waals surface area contributed by atoms with Crippen LogP contribution >= 0.6 is 0 Å². The number of hydrogen-bond donors (Lipinski definition) is 0. The first-order valence-corrected chi connectivity index (χ1v) is 9.03. The fourth-order valence-electron chi connectivity index (χ4n) is 3.47. The Balaban J connectivity index is 1.74. The molecule has 0 unspecified atom stereocenters. The molecule has 0 N–H and O–H groups in total. The number of hydrogen-bond acceptors (Lipinski definition) is 3. The fraction of sp³-hybridized carbons (Fsp3) is 0.450. The lowest BCUT2D eigenvalue weighted by atomic mass is 9.96. The molecule has 1 fully saturated rings. The summed E-state index contributed by atoms with van der Waals surface area (Å²) in [5, 5.41) is 9.04. The van der Waals surface area contributed by atoms with Crippen molar-refractivity contribution in [2.24, 2.45) is 0 Å². The van der Waals surface area contributed by atoms with Gasteiger partial charge in [0.2, 0.25) is 0 Å². The van der Waals surface area contributed by atoms with Crippen molar-refractivity contribution in [3.05, 3.63) is 53.6 Å². The number of piperidine rings is 1. The van der Waals surface area contributed by atoms with E-state index in [1.807, 2.05) is 17.3 Å². The van der Waals surface area contributed by atoms with E-state index in [2.05, 4.69) is 22.5 Å². The van der Waals surface area contributed by atoms with Gasteiger partial charge in [-0.15, -0.1) is 0 Å². The van der Waals surface area contributed by atoms with E-state index in [4.69, 9.17) is 5.26 Å². The molecule has 5 nitrogen and oxygen atoms in total. The zero-order chi connectivity index (χ0) is 17.6. The minimum atomic E-state index is 0.00784. The van der Waals surface area contributed by atoms with E-state index in [1.54, 1.807) is 24.3 Å². The Hall–Kier alpha value is -2.61. The van der Waals surface area contributed by atoms with Crippen LogP contribution in [-0.4, -0.2) is 33.4 Å². The number of amides is 1. The molecule has 0 aliphatic carbocycles. The number of nitrogens with zero attached hydrogens (tertiary/aromatic N) is 4. The van der Waals surface area contributed by atoms with Gasteiger partial charge in [0.15, 0.2) is 0 Å². The van der Waals surface area contributed by atoms with Crippen molar-refractivity contribution >= 4 is 5.91 Å². The number of likely N-dealkylation sites (tertiary alicyclic amines) is 1. The van der Waals surface area contributed by atoms with E-state index in [-0.39, 0.29) is 11.8 Å². The summed E-state index contributed by atoms with van der Waals surface area (Å²) >= 11 is 0. The minimum Gasteiger partial charge on any atom is -0.338 e. The smallest absolute Gasteiger partial charge is 0.253 e. The predicted molar refractivity (Wildman–Crippen MR) is 96.2 cm³/mol. The van der Waals surface area contributed by atoms with Gasteiger partial charge in [-0.1, -0.05) is 19.4 Å². The number of aromatic nitrogens is 2. The second-order valence-corrected chi connectivity index (χ2v) is 6.62. The zero-order valence-electron chi connectivity index (χ0n) is 14.7. The van der Waals surface area contributed by atoms with Crippen LogP contribution in [0.4, 0.5) is 0 Å². The van der Waals surface area contributed by atoms with Crippen molar-refractivity contribution in [3.63, 3.8) is 0 Å². The third-order valence-electron chi connectivity index (χ3n) is 4.81.